The van der Waals surface area contributed by atoms with Crippen LogP contribution in [0.25, 0.3) is 11.1 Å². The van der Waals surface area contributed by atoms with Crippen LogP contribution in [-0.4, -0.2) is 23.2 Å². The van der Waals surface area contributed by atoms with Crippen LogP contribution in [-0.2, 0) is 6.42 Å². The predicted octanol–water partition coefficient (Wildman–Crippen LogP) is 4.33. The van der Waals surface area contributed by atoms with Gasteiger partial charge in [-0.2, -0.15) is 0 Å². The number of nitrogens with zero attached hydrogens (tertiary/aromatic N) is 2. The fourth-order valence-electron chi connectivity index (χ4n) is 2.42. The summed E-state index contributed by atoms with van der Waals surface area (Å²) in [5, 5.41) is 0.815. The lowest BCUT2D eigenvalue weighted by Gasteiger charge is -2.08. The van der Waals surface area contributed by atoms with Crippen LogP contribution in [0.2, 0.25) is 0 Å². The second-order valence-electron chi connectivity index (χ2n) is 5.70. The van der Waals surface area contributed by atoms with E-state index in [0.717, 1.165) is 42.8 Å². The first-order valence-electron chi connectivity index (χ1n) is 8.32. The monoisotopic (exact) mass is 326 g/mol. The molecule has 0 spiro atoms. The molecule has 0 saturated carbocycles. The number of unbranched alkanes of at least 4 members (excludes halogenated alkanes) is 1. The number of rotatable bonds is 8. The van der Waals surface area contributed by atoms with Crippen LogP contribution in [0.5, 0.6) is 11.6 Å². The van der Waals surface area contributed by atoms with Crippen LogP contribution in [0.3, 0.4) is 0 Å². The van der Waals surface area contributed by atoms with Gasteiger partial charge in [0.15, 0.2) is 0 Å². The van der Waals surface area contributed by atoms with E-state index in [1.54, 1.807) is 0 Å². The minimum absolute atomic E-state index is 0.548. The van der Waals surface area contributed by atoms with E-state index in [1.807, 2.05) is 25.1 Å². The second kappa shape index (κ2) is 7.81. The van der Waals surface area contributed by atoms with Crippen molar-refractivity contribution in [3.63, 3.8) is 0 Å². The second-order valence-corrected chi connectivity index (χ2v) is 5.70. The van der Waals surface area contributed by atoms with Crippen molar-refractivity contribution in [3.8, 4) is 11.6 Å². The maximum absolute atomic E-state index is 5.80. The van der Waals surface area contributed by atoms with Crippen molar-refractivity contribution in [2.24, 2.45) is 0 Å². The molecule has 0 N–H and O–H groups in total. The molecule has 0 aliphatic heterocycles. The van der Waals surface area contributed by atoms with Gasteiger partial charge in [-0.3, -0.25) is 0 Å². The van der Waals surface area contributed by atoms with Gasteiger partial charge in [0.2, 0.25) is 11.6 Å². The molecule has 0 unspecified atom stereocenters. The van der Waals surface area contributed by atoms with E-state index in [2.05, 4.69) is 29.0 Å². The number of fused-ring (bicyclic) bond motifs is 1. The Morgan fingerprint density at radius 3 is 2.67 bits per heavy atom. The van der Waals surface area contributed by atoms with Crippen LogP contribution in [0.1, 0.15) is 31.1 Å². The smallest absolute Gasteiger partial charge is 0.233 e. The van der Waals surface area contributed by atoms with Gasteiger partial charge in [0.05, 0.1) is 13.2 Å². The average molecular weight is 326 g/mol. The number of furan rings is 1. The molecule has 0 radical (unpaired) electrons. The first kappa shape index (κ1) is 16.3. The molecule has 3 aromatic rings. The number of aryl methyl sites for hydroxylation is 1. The van der Waals surface area contributed by atoms with Gasteiger partial charge in [-0.25, -0.2) is 9.97 Å². The highest BCUT2D eigenvalue weighted by molar-refractivity contribution is 5.79. The average Bonchev–Trinajstić information content (AvgIpc) is 2.98. The molecule has 1 aromatic carbocycles. The highest BCUT2D eigenvalue weighted by Gasteiger charge is 2.09. The fraction of sp³-hybridized carbons (Fsp3) is 0.368. The number of hydrogen-bond acceptors (Lipinski definition) is 5. The van der Waals surface area contributed by atoms with Crippen molar-refractivity contribution >= 4 is 11.1 Å². The summed E-state index contributed by atoms with van der Waals surface area (Å²) in [5.41, 5.74) is 1.76. The fourth-order valence-corrected chi connectivity index (χ4v) is 2.42. The molecule has 24 heavy (non-hydrogen) atoms. The summed E-state index contributed by atoms with van der Waals surface area (Å²) in [6.45, 7) is 5.36. The molecule has 0 saturated heterocycles. The van der Waals surface area contributed by atoms with Gasteiger partial charge >= 0.3 is 0 Å². The molecule has 0 aliphatic carbocycles. The third-order valence-electron chi connectivity index (χ3n) is 3.74. The van der Waals surface area contributed by atoms with Crippen molar-refractivity contribution in [3.05, 3.63) is 48.0 Å². The summed E-state index contributed by atoms with van der Waals surface area (Å²) in [4.78, 5) is 8.29. The predicted molar refractivity (Wildman–Crippen MR) is 92.6 cm³/mol. The highest BCUT2D eigenvalue weighted by atomic mass is 16.5. The normalized spacial score (nSPS) is 10.9. The van der Waals surface area contributed by atoms with Gasteiger partial charge in [-0.15, -0.1) is 0 Å². The summed E-state index contributed by atoms with van der Waals surface area (Å²) < 4.78 is 17.0. The lowest BCUT2D eigenvalue weighted by molar-refractivity contribution is 0.307. The Kier molecular flexibility index (Phi) is 5.31. The molecule has 0 amide bonds. The van der Waals surface area contributed by atoms with Gasteiger partial charge < -0.3 is 13.9 Å². The van der Waals surface area contributed by atoms with Crippen molar-refractivity contribution < 1.29 is 13.9 Å². The molecule has 3 rings (SSSR count). The first-order valence-corrected chi connectivity index (χ1v) is 8.32. The van der Waals surface area contributed by atoms with E-state index >= 15 is 0 Å². The van der Waals surface area contributed by atoms with Crippen LogP contribution < -0.4 is 9.47 Å². The van der Waals surface area contributed by atoms with E-state index in [1.165, 1.54) is 11.9 Å². The van der Waals surface area contributed by atoms with Crippen molar-refractivity contribution in [1.29, 1.82) is 0 Å². The van der Waals surface area contributed by atoms with Gasteiger partial charge in [0.1, 0.15) is 23.2 Å². The summed E-state index contributed by atoms with van der Waals surface area (Å²) >= 11 is 0. The minimum Gasteiger partial charge on any atom is -0.494 e. The summed E-state index contributed by atoms with van der Waals surface area (Å²) in [5.74, 6) is 2.28. The third-order valence-corrected chi connectivity index (χ3v) is 3.74. The van der Waals surface area contributed by atoms with Crippen molar-refractivity contribution in [2.45, 2.75) is 33.1 Å². The molecule has 0 aliphatic rings. The van der Waals surface area contributed by atoms with Crippen molar-refractivity contribution in [1.82, 2.24) is 9.97 Å². The molecule has 0 fully saturated rings. The van der Waals surface area contributed by atoms with E-state index < -0.39 is 0 Å². The Labute approximate surface area is 141 Å². The molecule has 126 valence electrons. The molecule has 5 heteroatoms. The largest absolute Gasteiger partial charge is 0.494 e. The maximum atomic E-state index is 5.80. The number of hydrogen-bond donors (Lipinski definition) is 0. The molecular weight excluding hydrogens is 304 g/mol. The van der Waals surface area contributed by atoms with Crippen LogP contribution >= 0.6 is 0 Å². The Morgan fingerprint density at radius 2 is 1.88 bits per heavy atom. The Morgan fingerprint density at radius 1 is 1.04 bits per heavy atom. The topological polar surface area (TPSA) is 57.4 Å². The van der Waals surface area contributed by atoms with E-state index in [4.69, 9.17) is 13.9 Å². The van der Waals surface area contributed by atoms with E-state index in [0.29, 0.717) is 18.2 Å². The quantitative estimate of drug-likeness (QED) is 0.577. The molecule has 0 bridgehead atoms. The Hall–Kier alpha value is -2.56. The Balaban J connectivity index is 1.54. The van der Waals surface area contributed by atoms with Crippen molar-refractivity contribution in [2.75, 3.05) is 13.2 Å². The van der Waals surface area contributed by atoms with Crippen LogP contribution in [0.15, 0.2) is 41.1 Å². The zero-order chi connectivity index (χ0) is 16.8. The van der Waals surface area contributed by atoms with Gasteiger partial charge in [0.25, 0.3) is 0 Å². The summed E-state index contributed by atoms with van der Waals surface area (Å²) in [6, 6.07) is 10.1. The third kappa shape index (κ3) is 4.04. The number of benzene rings is 1. The molecule has 5 nitrogen and oxygen atoms in total. The van der Waals surface area contributed by atoms with E-state index in [9.17, 15) is 0 Å². The summed E-state index contributed by atoms with van der Waals surface area (Å²) in [7, 11) is 0. The SMILES string of the molecule is CCCCOc1ccc(CCOc2ncnc3oc(C)cc23)cc1. The molecule has 2 heterocycles. The van der Waals surface area contributed by atoms with Gasteiger partial charge in [-0.05, 0) is 37.1 Å². The number of aromatic nitrogens is 2. The van der Waals surface area contributed by atoms with Crippen LogP contribution in [0, 0.1) is 6.92 Å². The minimum atomic E-state index is 0.548. The molecule has 0 atom stereocenters. The zero-order valence-corrected chi connectivity index (χ0v) is 14.1. The Bertz CT molecular complexity index is 781. The maximum Gasteiger partial charge on any atom is 0.233 e. The highest BCUT2D eigenvalue weighted by Crippen LogP contribution is 2.24. The molecule has 2 aromatic heterocycles. The standard InChI is InChI=1S/C19H22N2O3/c1-3-4-10-22-16-7-5-15(6-8-16)9-11-23-18-17-12-14(2)24-19(17)21-13-20-18/h5-8,12-13H,3-4,9-11H2,1-2H3. The zero-order valence-electron chi connectivity index (χ0n) is 14.1. The molecular formula is C19H22N2O3. The lowest BCUT2D eigenvalue weighted by Crippen LogP contribution is -2.03. The van der Waals surface area contributed by atoms with Gasteiger partial charge in [0, 0.05) is 6.42 Å². The lowest BCUT2D eigenvalue weighted by atomic mass is 10.1. The number of ether oxygens (including phenoxy) is 2. The summed E-state index contributed by atoms with van der Waals surface area (Å²) in [6.07, 6.45) is 4.49. The van der Waals surface area contributed by atoms with Gasteiger partial charge in [-0.1, -0.05) is 25.5 Å². The van der Waals surface area contributed by atoms with E-state index in [-0.39, 0.29) is 0 Å². The first-order chi connectivity index (χ1) is 11.8. The van der Waals surface area contributed by atoms with Crippen LogP contribution in [0.4, 0.5) is 0 Å².